The van der Waals surface area contributed by atoms with Crippen LogP contribution in [-0.4, -0.2) is 38.8 Å². The smallest absolute Gasteiger partial charge is 0.230 e. The van der Waals surface area contributed by atoms with E-state index in [0.29, 0.717) is 43.5 Å². The molecule has 4 nitrogen and oxygen atoms in total. The van der Waals surface area contributed by atoms with Gasteiger partial charge in [0.05, 0.1) is 5.41 Å². The quantitative estimate of drug-likeness (QED) is 0.795. The first-order valence-corrected chi connectivity index (χ1v) is 10.6. The van der Waals surface area contributed by atoms with Crippen LogP contribution in [0.25, 0.3) is 0 Å². The Morgan fingerprint density at radius 3 is 2.52 bits per heavy atom. The lowest BCUT2D eigenvalue weighted by molar-refractivity contribution is -0.130. The minimum atomic E-state index is -0.557. The summed E-state index contributed by atoms with van der Waals surface area (Å²) in [5.74, 6) is 0.232. The van der Waals surface area contributed by atoms with Crippen molar-refractivity contribution in [1.29, 1.82) is 0 Å². The summed E-state index contributed by atoms with van der Waals surface area (Å²) in [7, 11) is 0. The van der Waals surface area contributed by atoms with Crippen molar-refractivity contribution in [3.05, 3.63) is 64.9 Å². The van der Waals surface area contributed by atoms with Gasteiger partial charge in [-0.2, -0.15) is 0 Å². The highest BCUT2D eigenvalue weighted by Crippen LogP contribution is 2.36. The number of benzene rings is 2. The second-order valence-corrected chi connectivity index (χ2v) is 8.42. The number of anilines is 1. The topological polar surface area (TPSA) is 41.6 Å². The van der Waals surface area contributed by atoms with Crippen LogP contribution in [0.3, 0.4) is 0 Å². The zero-order chi connectivity index (χ0) is 20.3. The van der Waals surface area contributed by atoms with Gasteiger partial charge in [-0.3, -0.25) is 4.79 Å². The van der Waals surface area contributed by atoms with Gasteiger partial charge in [-0.1, -0.05) is 23.7 Å². The third-order valence-electron chi connectivity index (χ3n) is 6.21. The highest BCUT2D eigenvalue weighted by Gasteiger charge is 2.41. The third kappa shape index (κ3) is 4.41. The lowest BCUT2D eigenvalue weighted by Gasteiger charge is -2.36. The number of halogens is 2. The van der Waals surface area contributed by atoms with Gasteiger partial charge in [-0.15, -0.1) is 0 Å². The Balaban J connectivity index is 1.40. The zero-order valence-corrected chi connectivity index (χ0v) is 17.1. The summed E-state index contributed by atoms with van der Waals surface area (Å²) in [6.07, 6.45) is 2.36. The average Bonchev–Trinajstić information content (AvgIpc) is 3.22. The average molecular weight is 417 g/mol. The zero-order valence-electron chi connectivity index (χ0n) is 16.4. The summed E-state index contributed by atoms with van der Waals surface area (Å²) in [6, 6.07) is 14.2. The van der Waals surface area contributed by atoms with Gasteiger partial charge in [-0.25, -0.2) is 4.39 Å². The molecule has 2 aromatic rings. The van der Waals surface area contributed by atoms with Gasteiger partial charge >= 0.3 is 0 Å². The number of carbonyl (C=O) groups is 1. The standard InChI is InChI=1S/C23H26ClFN2O2/c24-19-3-1-18(2-4-19)23(10-13-29-14-11-23)22(28)26-15-17-9-12-27(16-17)21-7-5-20(25)6-8-21/h1-8,17H,9-16H2,(H,26,28). The maximum Gasteiger partial charge on any atom is 0.230 e. The van der Waals surface area contributed by atoms with E-state index < -0.39 is 5.41 Å². The highest BCUT2D eigenvalue weighted by atomic mass is 35.5. The number of ether oxygens (including phenoxy) is 1. The maximum atomic E-state index is 13.3. The van der Waals surface area contributed by atoms with E-state index in [0.717, 1.165) is 30.8 Å². The number of hydrogen-bond donors (Lipinski definition) is 1. The summed E-state index contributed by atoms with van der Waals surface area (Å²) in [5, 5.41) is 3.88. The first-order chi connectivity index (χ1) is 14.1. The van der Waals surface area contributed by atoms with E-state index in [1.54, 1.807) is 0 Å². The molecule has 154 valence electrons. The first-order valence-electron chi connectivity index (χ1n) is 10.2. The fourth-order valence-electron chi connectivity index (χ4n) is 4.43. The maximum absolute atomic E-state index is 13.3. The minimum absolute atomic E-state index is 0.0726. The predicted molar refractivity (Wildman–Crippen MR) is 113 cm³/mol. The number of amides is 1. The predicted octanol–water partition coefficient (Wildman–Crippen LogP) is 4.17. The van der Waals surface area contributed by atoms with E-state index in [2.05, 4.69) is 10.2 Å². The van der Waals surface area contributed by atoms with Gasteiger partial charge in [-0.05, 0) is 67.1 Å². The van der Waals surface area contributed by atoms with Crippen LogP contribution < -0.4 is 10.2 Å². The third-order valence-corrected chi connectivity index (χ3v) is 6.46. The molecular formula is C23H26ClFN2O2. The van der Waals surface area contributed by atoms with Crippen molar-refractivity contribution >= 4 is 23.2 Å². The van der Waals surface area contributed by atoms with E-state index in [-0.39, 0.29) is 11.7 Å². The molecule has 4 rings (SSSR count). The van der Waals surface area contributed by atoms with Gasteiger partial charge in [0, 0.05) is 43.6 Å². The van der Waals surface area contributed by atoms with E-state index in [1.807, 2.05) is 36.4 Å². The van der Waals surface area contributed by atoms with Gasteiger partial charge < -0.3 is 15.0 Å². The number of hydrogen-bond acceptors (Lipinski definition) is 3. The van der Waals surface area contributed by atoms with E-state index >= 15 is 0 Å². The second-order valence-electron chi connectivity index (χ2n) is 7.99. The summed E-state index contributed by atoms with van der Waals surface area (Å²) in [6.45, 7) is 3.59. The number of rotatable bonds is 5. The second kappa shape index (κ2) is 8.72. The van der Waals surface area contributed by atoms with Crippen LogP contribution in [0.5, 0.6) is 0 Å². The lowest BCUT2D eigenvalue weighted by Crippen LogP contribution is -2.49. The summed E-state index contributed by atoms with van der Waals surface area (Å²) in [5.41, 5.74) is 1.47. The number of nitrogens with one attached hydrogen (secondary N) is 1. The molecule has 2 heterocycles. The molecule has 1 unspecified atom stereocenters. The van der Waals surface area contributed by atoms with Crippen molar-refractivity contribution in [2.75, 3.05) is 37.7 Å². The molecular weight excluding hydrogens is 391 g/mol. The van der Waals surface area contributed by atoms with Crippen molar-refractivity contribution in [3.8, 4) is 0 Å². The molecule has 0 saturated carbocycles. The molecule has 2 aromatic carbocycles. The van der Waals surface area contributed by atoms with E-state index in [4.69, 9.17) is 16.3 Å². The van der Waals surface area contributed by atoms with Crippen LogP contribution in [0.1, 0.15) is 24.8 Å². The monoisotopic (exact) mass is 416 g/mol. The largest absolute Gasteiger partial charge is 0.381 e. The summed E-state index contributed by atoms with van der Waals surface area (Å²) >= 11 is 6.04. The Labute approximate surface area is 176 Å². The molecule has 2 aliphatic heterocycles. The molecule has 1 amide bonds. The van der Waals surface area contributed by atoms with Crippen molar-refractivity contribution in [2.45, 2.75) is 24.7 Å². The normalized spacial score (nSPS) is 21.2. The van der Waals surface area contributed by atoms with Crippen LogP contribution in [-0.2, 0) is 14.9 Å². The van der Waals surface area contributed by atoms with Crippen LogP contribution in [0, 0.1) is 11.7 Å². The van der Waals surface area contributed by atoms with E-state index in [9.17, 15) is 9.18 Å². The molecule has 1 atom stereocenters. The van der Waals surface area contributed by atoms with Gasteiger partial charge in [0.25, 0.3) is 0 Å². The molecule has 2 aliphatic rings. The van der Waals surface area contributed by atoms with Crippen molar-refractivity contribution in [3.63, 3.8) is 0 Å². The molecule has 1 N–H and O–H groups in total. The Bertz CT molecular complexity index is 835. The minimum Gasteiger partial charge on any atom is -0.381 e. The Kier molecular flexibility index (Phi) is 6.07. The molecule has 2 saturated heterocycles. The van der Waals surface area contributed by atoms with Gasteiger partial charge in [0.1, 0.15) is 5.82 Å². The van der Waals surface area contributed by atoms with Crippen LogP contribution in [0.4, 0.5) is 10.1 Å². The molecule has 0 radical (unpaired) electrons. The number of carbonyl (C=O) groups excluding carboxylic acids is 1. The Morgan fingerprint density at radius 2 is 1.83 bits per heavy atom. The molecule has 0 aliphatic carbocycles. The molecule has 29 heavy (non-hydrogen) atoms. The number of nitrogens with zero attached hydrogens (tertiary/aromatic N) is 1. The summed E-state index contributed by atoms with van der Waals surface area (Å²) in [4.78, 5) is 15.5. The van der Waals surface area contributed by atoms with Crippen LogP contribution in [0.2, 0.25) is 5.02 Å². The van der Waals surface area contributed by atoms with Gasteiger partial charge in [0.2, 0.25) is 5.91 Å². The Morgan fingerprint density at radius 1 is 1.14 bits per heavy atom. The van der Waals surface area contributed by atoms with E-state index in [1.165, 1.54) is 12.1 Å². The first kappa shape index (κ1) is 20.2. The van der Waals surface area contributed by atoms with Crippen LogP contribution in [0.15, 0.2) is 48.5 Å². The molecule has 0 spiro atoms. The fraction of sp³-hybridized carbons (Fsp3) is 0.435. The molecule has 0 bridgehead atoms. The highest BCUT2D eigenvalue weighted by molar-refractivity contribution is 6.30. The van der Waals surface area contributed by atoms with Crippen LogP contribution >= 0.6 is 11.6 Å². The van der Waals surface area contributed by atoms with Crippen molar-refractivity contribution in [1.82, 2.24) is 5.32 Å². The molecule has 2 fully saturated rings. The molecule has 6 heteroatoms. The lowest BCUT2D eigenvalue weighted by atomic mass is 9.73. The van der Waals surface area contributed by atoms with Crippen molar-refractivity contribution < 1.29 is 13.9 Å². The SMILES string of the molecule is O=C(NCC1CCN(c2ccc(F)cc2)C1)C1(c2ccc(Cl)cc2)CCOCC1. The fourth-order valence-corrected chi connectivity index (χ4v) is 4.55. The summed E-state index contributed by atoms with van der Waals surface area (Å²) < 4.78 is 18.7. The Hall–Kier alpha value is -2.11. The van der Waals surface area contributed by atoms with Gasteiger partial charge in [0.15, 0.2) is 0 Å². The molecule has 0 aromatic heterocycles. The van der Waals surface area contributed by atoms with Crippen molar-refractivity contribution in [2.24, 2.45) is 5.92 Å².